The second kappa shape index (κ2) is 4.22. The van der Waals surface area contributed by atoms with E-state index in [9.17, 15) is 4.79 Å². The smallest absolute Gasteiger partial charge is 0.242 e. The summed E-state index contributed by atoms with van der Waals surface area (Å²) in [6.45, 7) is 9.36. The van der Waals surface area contributed by atoms with E-state index in [4.69, 9.17) is 5.26 Å². The number of carbonyl (C=O) groups excluding carboxylic acids is 1. The van der Waals surface area contributed by atoms with E-state index < -0.39 is 5.41 Å². The van der Waals surface area contributed by atoms with E-state index >= 15 is 0 Å². The van der Waals surface area contributed by atoms with Crippen molar-refractivity contribution in [3.63, 3.8) is 0 Å². The molecule has 0 aliphatic carbocycles. The van der Waals surface area contributed by atoms with E-state index in [2.05, 4.69) is 19.9 Å². The summed E-state index contributed by atoms with van der Waals surface area (Å²) < 4.78 is 0. The lowest BCUT2D eigenvalue weighted by Crippen LogP contribution is -2.39. The summed E-state index contributed by atoms with van der Waals surface area (Å²) in [7, 11) is 0. The van der Waals surface area contributed by atoms with Crippen LogP contribution in [0.5, 0.6) is 0 Å². The van der Waals surface area contributed by atoms with E-state index in [1.54, 1.807) is 13.8 Å². The van der Waals surface area contributed by atoms with Gasteiger partial charge in [-0.2, -0.15) is 5.26 Å². The number of carbonyl (C=O) groups is 1. The van der Waals surface area contributed by atoms with Crippen LogP contribution in [0.15, 0.2) is 0 Å². The highest BCUT2D eigenvalue weighted by Gasteiger charge is 2.38. The zero-order chi connectivity index (χ0) is 11.6. The van der Waals surface area contributed by atoms with E-state index in [1.165, 1.54) is 0 Å². The molecular formula is C12H20N2O. The Morgan fingerprint density at radius 3 is 2.53 bits per heavy atom. The van der Waals surface area contributed by atoms with Crippen molar-refractivity contribution in [2.75, 3.05) is 13.1 Å². The minimum absolute atomic E-state index is 0.0206. The maximum absolute atomic E-state index is 12.0. The fourth-order valence-electron chi connectivity index (χ4n) is 2.17. The molecular weight excluding hydrogens is 188 g/mol. The number of likely N-dealkylation sites (tertiary alicyclic amines) is 1. The van der Waals surface area contributed by atoms with Crippen LogP contribution in [0, 0.1) is 28.6 Å². The number of rotatable bonds is 2. The third kappa shape index (κ3) is 2.31. The van der Waals surface area contributed by atoms with Gasteiger partial charge in [0.15, 0.2) is 0 Å². The molecule has 0 aromatic heterocycles. The predicted molar refractivity (Wildman–Crippen MR) is 58.9 cm³/mol. The second-order valence-electron chi connectivity index (χ2n) is 5.09. The first-order valence-electron chi connectivity index (χ1n) is 5.63. The Bertz CT molecular complexity index is 290. The van der Waals surface area contributed by atoms with Crippen LogP contribution in [-0.2, 0) is 4.79 Å². The van der Waals surface area contributed by atoms with Crippen LogP contribution in [0.1, 0.15) is 34.1 Å². The van der Waals surface area contributed by atoms with E-state index in [1.807, 2.05) is 4.90 Å². The van der Waals surface area contributed by atoms with E-state index in [-0.39, 0.29) is 5.91 Å². The largest absolute Gasteiger partial charge is 0.341 e. The predicted octanol–water partition coefficient (Wildman–Crippen LogP) is 2.04. The van der Waals surface area contributed by atoms with Gasteiger partial charge in [-0.25, -0.2) is 0 Å². The van der Waals surface area contributed by atoms with Gasteiger partial charge in [0.25, 0.3) is 0 Å². The molecule has 1 fully saturated rings. The number of nitriles is 1. The molecule has 84 valence electrons. The van der Waals surface area contributed by atoms with Crippen LogP contribution in [0.4, 0.5) is 0 Å². The van der Waals surface area contributed by atoms with Crippen LogP contribution >= 0.6 is 0 Å². The van der Waals surface area contributed by atoms with Gasteiger partial charge >= 0.3 is 0 Å². The van der Waals surface area contributed by atoms with Gasteiger partial charge in [-0.1, -0.05) is 20.3 Å². The Kier molecular flexibility index (Phi) is 3.38. The maximum atomic E-state index is 12.0. The maximum Gasteiger partial charge on any atom is 0.242 e. The summed E-state index contributed by atoms with van der Waals surface area (Å²) in [6.07, 6.45) is 1.11. The lowest BCUT2D eigenvalue weighted by Gasteiger charge is -2.23. The van der Waals surface area contributed by atoms with Gasteiger partial charge in [0, 0.05) is 13.1 Å². The molecule has 2 atom stereocenters. The SMILES string of the molecule is CC[C@H]1CN(C(=O)C(C)(C)C#N)C[C@H]1C. The fraction of sp³-hybridized carbons (Fsp3) is 0.833. The highest BCUT2D eigenvalue weighted by atomic mass is 16.2. The van der Waals surface area contributed by atoms with Crippen molar-refractivity contribution in [2.24, 2.45) is 17.3 Å². The first-order valence-corrected chi connectivity index (χ1v) is 5.63. The second-order valence-corrected chi connectivity index (χ2v) is 5.09. The minimum Gasteiger partial charge on any atom is -0.341 e. The average Bonchev–Trinajstić information content (AvgIpc) is 2.58. The quantitative estimate of drug-likeness (QED) is 0.697. The van der Waals surface area contributed by atoms with Gasteiger partial charge in [0.1, 0.15) is 5.41 Å². The van der Waals surface area contributed by atoms with Gasteiger partial charge in [0.05, 0.1) is 6.07 Å². The van der Waals surface area contributed by atoms with Crippen LogP contribution in [0.3, 0.4) is 0 Å². The zero-order valence-electron chi connectivity index (χ0n) is 10.1. The van der Waals surface area contributed by atoms with Crippen molar-refractivity contribution in [1.29, 1.82) is 5.26 Å². The molecule has 0 aromatic carbocycles. The molecule has 1 heterocycles. The molecule has 15 heavy (non-hydrogen) atoms. The number of amides is 1. The van der Waals surface area contributed by atoms with Gasteiger partial charge in [-0.05, 0) is 25.7 Å². The molecule has 0 radical (unpaired) electrons. The van der Waals surface area contributed by atoms with Crippen LogP contribution in [-0.4, -0.2) is 23.9 Å². The van der Waals surface area contributed by atoms with Gasteiger partial charge in [-0.3, -0.25) is 4.79 Å². The minimum atomic E-state index is -0.873. The molecule has 1 amide bonds. The Morgan fingerprint density at radius 2 is 2.13 bits per heavy atom. The standard InChI is InChI=1S/C12H20N2O/c1-5-10-7-14(6-9(10)2)11(15)12(3,4)8-13/h9-10H,5-7H2,1-4H3/t9-,10+/m1/s1. The van der Waals surface area contributed by atoms with Crippen molar-refractivity contribution in [2.45, 2.75) is 34.1 Å². The van der Waals surface area contributed by atoms with Crippen molar-refractivity contribution < 1.29 is 4.79 Å². The summed E-state index contributed by atoms with van der Waals surface area (Å²) in [5.74, 6) is 1.14. The molecule has 1 saturated heterocycles. The Morgan fingerprint density at radius 1 is 1.53 bits per heavy atom. The summed E-state index contributed by atoms with van der Waals surface area (Å²) >= 11 is 0. The number of hydrogen-bond donors (Lipinski definition) is 0. The van der Waals surface area contributed by atoms with Crippen LogP contribution in [0.25, 0.3) is 0 Å². The summed E-state index contributed by atoms with van der Waals surface area (Å²) in [6, 6.07) is 2.07. The fourth-order valence-corrected chi connectivity index (χ4v) is 2.17. The molecule has 0 aromatic rings. The van der Waals surface area contributed by atoms with Crippen LogP contribution in [0.2, 0.25) is 0 Å². The highest BCUT2D eigenvalue weighted by Crippen LogP contribution is 2.29. The van der Waals surface area contributed by atoms with Gasteiger partial charge < -0.3 is 4.90 Å². The molecule has 1 aliphatic rings. The summed E-state index contributed by atoms with van der Waals surface area (Å²) in [5.41, 5.74) is -0.873. The van der Waals surface area contributed by atoms with Crippen molar-refractivity contribution in [3.05, 3.63) is 0 Å². The van der Waals surface area contributed by atoms with Crippen molar-refractivity contribution in [3.8, 4) is 6.07 Å². The Labute approximate surface area is 92.1 Å². The van der Waals surface area contributed by atoms with Gasteiger partial charge in [-0.15, -0.1) is 0 Å². The molecule has 0 N–H and O–H groups in total. The first kappa shape index (κ1) is 12.0. The van der Waals surface area contributed by atoms with E-state index in [0.29, 0.717) is 11.8 Å². The third-order valence-electron chi connectivity index (χ3n) is 3.39. The Hall–Kier alpha value is -1.04. The van der Waals surface area contributed by atoms with Crippen LogP contribution < -0.4 is 0 Å². The number of nitrogens with zero attached hydrogens (tertiary/aromatic N) is 2. The molecule has 3 heteroatoms. The molecule has 0 spiro atoms. The number of hydrogen-bond acceptors (Lipinski definition) is 2. The lowest BCUT2D eigenvalue weighted by atomic mass is 9.94. The molecule has 0 bridgehead atoms. The highest BCUT2D eigenvalue weighted by molar-refractivity contribution is 5.84. The monoisotopic (exact) mass is 208 g/mol. The summed E-state index contributed by atoms with van der Waals surface area (Å²) in [4.78, 5) is 13.9. The topological polar surface area (TPSA) is 44.1 Å². The normalized spacial score (nSPS) is 26.5. The summed E-state index contributed by atoms with van der Waals surface area (Å²) in [5, 5.41) is 8.92. The molecule has 3 nitrogen and oxygen atoms in total. The van der Waals surface area contributed by atoms with Crippen molar-refractivity contribution >= 4 is 5.91 Å². The van der Waals surface area contributed by atoms with E-state index in [0.717, 1.165) is 19.5 Å². The van der Waals surface area contributed by atoms with Gasteiger partial charge in [0.2, 0.25) is 5.91 Å². The molecule has 1 aliphatic heterocycles. The molecule has 0 saturated carbocycles. The third-order valence-corrected chi connectivity index (χ3v) is 3.39. The first-order chi connectivity index (χ1) is 6.92. The van der Waals surface area contributed by atoms with Crippen molar-refractivity contribution in [1.82, 2.24) is 4.90 Å². The zero-order valence-corrected chi connectivity index (χ0v) is 10.1. The molecule has 0 unspecified atom stereocenters. The average molecular weight is 208 g/mol. The molecule has 1 rings (SSSR count). The Balaban J connectivity index is 2.70. The lowest BCUT2D eigenvalue weighted by molar-refractivity contribution is -0.136.